The number of amides is 3. The second kappa shape index (κ2) is 8.86. The van der Waals surface area contributed by atoms with Gasteiger partial charge in [0.25, 0.3) is 11.8 Å². The summed E-state index contributed by atoms with van der Waals surface area (Å²) in [4.78, 5) is 50.7. The summed E-state index contributed by atoms with van der Waals surface area (Å²) >= 11 is 1.22. The summed E-state index contributed by atoms with van der Waals surface area (Å²) < 4.78 is 5.06. The Bertz CT molecular complexity index is 748. The molecule has 2 fully saturated rings. The predicted molar refractivity (Wildman–Crippen MR) is 104 cm³/mol. The molecule has 0 unspecified atom stereocenters. The number of nitrogens with one attached hydrogen (secondary N) is 1. The van der Waals surface area contributed by atoms with Crippen molar-refractivity contribution in [3.63, 3.8) is 0 Å². The number of carbonyl (C=O) groups is 4. The van der Waals surface area contributed by atoms with Crippen LogP contribution in [0, 0.1) is 17.8 Å². The highest BCUT2D eigenvalue weighted by atomic mass is 32.1. The molecule has 1 saturated heterocycles. The molecule has 1 aromatic heterocycles. The molecule has 1 saturated carbocycles. The summed E-state index contributed by atoms with van der Waals surface area (Å²) in [6.07, 6.45) is 3.34. The average molecular weight is 407 g/mol. The van der Waals surface area contributed by atoms with Crippen molar-refractivity contribution in [2.24, 2.45) is 17.8 Å². The molecule has 4 atom stereocenters. The summed E-state index contributed by atoms with van der Waals surface area (Å²) in [5.41, 5.74) is 0. The standard InChI is InChI=1S/C20H26N2O5S/c1-12-5-3-6-15(13(12)2)22-10-14(9-18(22)24)20(26)27-11-17(23)21-19(25)16-7-4-8-28-16/h4,7-8,12-15H,3,5-6,9-11H2,1-2H3,(H,21,23,25)/t12-,13+,14+,15+/m0/s1. The van der Waals surface area contributed by atoms with E-state index in [2.05, 4.69) is 19.2 Å². The Labute approximate surface area is 168 Å². The summed E-state index contributed by atoms with van der Waals surface area (Å²) in [6, 6.07) is 3.48. The molecule has 2 aliphatic rings. The SMILES string of the molecule is C[C@H]1[C@H](N2C[C@H](C(=O)OCC(=O)NC(=O)c3cccs3)CC2=O)CCC[C@@H]1C. The van der Waals surface area contributed by atoms with Gasteiger partial charge in [0.2, 0.25) is 5.91 Å². The number of ether oxygens (including phenoxy) is 1. The highest BCUT2D eigenvalue weighted by molar-refractivity contribution is 7.12. The molecular weight excluding hydrogens is 380 g/mol. The minimum absolute atomic E-state index is 0.0229. The number of hydrogen-bond acceptors (Lipinski definition) is 6. The second-order valence-corrected chi connectivity index (χ2v) is 8.69. The highest BCUT2D eigenvalue weighted by Crippen LogP contribution is 2.35. The lowest BCUT2D eigenvalue weighted by atomic mass is 9.77. The van der Waals surface area contributed by atoms with Gasteiger partial charge in [-0.15, -0.1) is 11.3 Å². The molecule has 8 heteroatoms. The van der Waals surface area contributed by atoms with E-state index in [0.29, 0.717) is 23.3 Å². The van der Waals surface area contributed by atoms with Crippen molar-refractivity contribution in [2.45, 2.75) is 45.6 Å². The van der Waals surface area contributed by atoms with Crippen LogP contribution in [-0.4, -0.2) is 47.8 Å². The minimum atomic E-state index is -0.678. The molecule has 1 aromatic rings. The van der Waals surface area contributed by atoms with Gasteiger partial charge >= 0.3 is 5.97 Å². The average Bonchev–Trinajstić information content (AvgIpc) is 3.32. The maximum absolute atomic E-state index is 12.5. The van der Waals surface area contributed by atoms with Crippen LogP contribution in [0.15, 0.2) is 17.5 Å². The van der Waals surface area contributed by atoms with E-state index in [1.165, 1.54) is 17.8 Å². The van der Waals surface area contributed by atoms with E-state index >= 15 is 0 Å². The number of hydrogen-bond donors (Lipinski definition) is 1. The molecular formula is C20H26N2O5S. The van der Waals surface area contributed by atoms with Crippen molar-refractivity contribution >= 4 is 35.0 Å². The molecule has 28 heavy (non-hydrogen) atoms. The molecule has 3 amide bonds. The zero-order valence-electron chi connectivity index (χ0n) is 16.2. The molecule has 1 aliphatic carbocycles. The lowest BCUT2D eigenvalue weighted by Gasteiger charge is -2.39. The van der Waals surface area contributed by atoms with E-state index in [1.807, 2.05) is 4.90 Å². The Hall–Kier alpha value is -2.22. The van der Waals surface area contributed by atoms with Gasteiger partial charge in [-0.3, -0.25) is 24.5 Å². The molecule has 7 nitrogen and oxygen atoms in total. The first kappa shape index (κ1) is 20.5. The Morgan fingerprint density at radius 1 is 1.29 bits per heavy atom. The molecule has 3 rings (SSSR count). The lowest BCUT2D eigenvalue weighted by molar-refractivity contribution is -0.152. The molecule has 152 valence electrons. The lowest BCUT2D eigenvalue weighted by Crippen LogP contribution is -2.45. The topological polar surface area (TPSA) is 92.8 Å². The van der Waals surface area contributed by atoms with Crippen molar-refractivity contribution < 1.29 is 23.9 Å². The fraction of sp³-hybridized carbons (Fsp3) is 0.600. The van der Waals surface area contributed by atoms with Crippen LogP contribution in [0.5, 0.6) is 0 Å². The Morgan fingerprint density at radius 3 is 2.79 bits per heavy atom. The van der Waals surface area contributed by atoms with Gasteiger partial charge in [-0.05, 0) is 29.7 Å². The quantitative estimate of drug-likeness (QED) is 0.757. The first-order valence-corrected chi connectivity index (χ1v) is 10.6. The monoisotopic (exact) mass is 406 g/mol. The van der Waals surface area contributed by atoms with E-state index < -0.39 is 30.3 Å². The van der Waals surface area contributed by atoms with Crippen molar-refractivity contribution in [1.82, 2.24) is 10.2 Å². The maximum atomic E-state index is 12.5. The number of imide groups is 1. The Morgan fingerprint density at radius 2 is 2.07 bits per heavy atom. The summed E-state index contributed by atoms with van der Waals surface area (Å²) in [5.74, 6) is -1.38. The van der Waals surface area contributed by atoms with E-state index in [-0.39, 0.29) is 18.4 Å². The summed E-state index contributed by atoms with van der Waals surface area (Å²) in [7, 11) is 0. The number of carbonyl (C=O) groups excluding carboxylic acids is 4. The van der Waals surface area contributed by atoms with Gasteiger partial charge in [0, 0.05) is 19.0 Å². The van der Waals surface area contributed by atoms with E-state index in [9.17, 15) is 19.2 Å². The van der Waals surface area contributed by atoms with Gasteiger partial charge < -0.3 is 9.64 Å². The van der Waals surface area contributed by atoms with Crippen LogP contribution < -0.4 is 5.32 Å². The van der Waals surface area contributed by atoms with Gasteiger partial charge in [0.15, 0.2) is 6.61 Å². The summed E-state index contributed by atoms with van der Waals surface area (Å²) in [5, 5.41) is 3.92. The smallest absolute Gasteiger partial charge is 0.311 e. The number of nitrogens with zero attached hydrogens (tertiary/aromatic N) is 1. The third kappa shape index (κ3) is 4.60. The van der Waals surface area contributed by atoms with Gasteiger partial charge in [-0.25, -0.2) is 0 Å². The molecule has 0 aromatic carbocycles. The predicted octanol–water partition coefficient (Wildman–Crippen LogP) is 2.22. The first-order chi connectivity index (χ1) is 13.4. The second-order valence-electron chi connectivity index (χ2n) is 7.74. The fourth-order valence-electron chi connectivity index (χ4n) is 4.09. The van der Waals surface area contributed by atoms with Crippen molar-refractivity contribution in [3.05, 3.63) is 22.4 Å². The third-order valence-corrected chi connectivity index (χ3v) is 6.77. The summed E-state index contributed by atoms with van der Waals surface area (Å²) in [6.45, 7) is 4.19. The van der Waals surface area contributed by atoms with Crippen molar-refractivity contribution in [1.29, 1.82) is 0 Å². The Kier molecular flexibility index (Phi) is 6.49. The maximum Gasteiger partial charge on any atom is 0.311 e. The van der Waals surface area contributed by atoms with Crippen LogP contribution in [0.2, 0.25) is 0 Å². The van der Waals surface area contributed by atoms with Crippen LogP contribution in [-0.2, 0) is 19.1 Å². The van der Waals surface area contributed by atoms with Crippen LogP contribution in [0.4, 0.5) is 0 Å². The molecule has 0 radical (unpaired) electrons. The van der Waals surface area contributed by atoms with E-state index in [1.54, 1.807) is 17.5 Å². The van der Waals surface area contributed by atoms with Crippen molar-refractivity contribution in [3.8, 4) is 0 Å². The van der Waals surface area contributed by atoms with E-state index in [0.717, 1.165) is 12.8 Å². The zero-order chi connectivity index (χ0) is 20.3. The number of thiophene rings is 1. The zero-order valence-corrected chi connectivity index (χ0v) is 17.0. The largest absolute Gasteiger partial charge is 0.455 e. The number of likely N-dealkylation sites (tertiary alicyclic amines) is 1. The van der Waals surface area contributed by atoms with Gasteiger partial charge in [-0.2, -0.15) is 0 Å². The number of rotatable bonds is 5. The van der Waals surface area contributed by atoms with Crippen molar-refractivity contribution in [2.75, 3.05) is 13.2 Å². The van der Waals surface area contributed by atoms with Crippen LogP contribution in [0.1, 0.15) is 49.2 Å². The van der Waals surface area contributed by atoms with Gasteiger partial charge in [0.1, 0.15) is 0 Å². The minimum Gasteiger partial charge on any atom is -0.455 e. The van der Waals surface area contributed by atoms with Crippen LogP contribution >= 0.6 is 11.3 Å². The van der Waals surface area contributed by atoms with Gasteiger partial charge in [0.05, 0.1) is 10.8 Å². The molecule has 1 N–H and O–H groups in total. The normalized spacial score (nSPS) is 27.5. The highest BCUT2D eigenvalue weighted by Gasteiger charge is 2.42. The molecule has 0 bridgehead atoms. The van der Waals surface area contributed by atoms with E-state index in [4.69, 9.17) is 4.74 Å². The molecule has 1 aliphatic heterocycles. The third-order valence-electron chi connectivity index (χ3n) is 5.90. The fourth-order valence-corrected chi connectivity index (χ4v) is 4.71. The van der Waals surface area contributed by atoms with Crippen LogP contribution in [0.25, 0.3) is 0 Å². The first-order valence-electron chi connectivity index (χ1n) is 9.70. The molecule has 2 heterocycles. The van der Waals surface area contributed by atoms with Gasteiger partial charge in [-0.1, -0.05) is 32.8 Å². The van der Waals surface area contributed by atoms with Crippen LogP contribution in [0.3, 0.4) is 0 Å². The molecule has 0 spiro atoms. The number of esters is 1. The Balaban J connectivity index is 1.48.